The fourth-order valence-corrected chi connectivity index (χ4v) is 1.38. The van der Waals surface area contributed by atoms with E-state index in [9.17, 15) is 10.1 Å². The average Bonchev–Trinajstić information content (AvgIpc) is 2.39. The minimum atomic E-state index is -0.518. The molecule has 0 saturated heterocycles. The van der Waals surface area contributed by atoms with Gasteiger partial charge < -0.3 is 0 Å². The average molecular weight is 278 g/mol. The summed E-state index contributed by atoms with van der Waals surface area (Å²) in [5.74, 6) is 0.392. The van der Waals surface area contributed by atoms with Gasteiger partial charge in [-0.15, -0.1) is 0 Å². The normalized spacial score (nSPS) is 10.6. The van der Waals surface area contributed by atoms with E-state index >= 15 is 0 Å². The van der Waals surface area contributed by atoms with Crippen molar-refractivity contribution in [1.82, 2.24) is 9.97 Å². The van der Waals surface area contributed by atoms with Gasteiger partial charge in [-0.2, -0.15) is 5.10 Å². The molecule has 0 bridgehead atoms. The smallest absolute Gasteiger partial charge is 0.261 e. The molecule has 2 aromatic heterocycles. The van der Waals surface area contributed by atoms with Crippen molar-refractivity contribution in [2.45, 2.75) is 0 Å². The van der Waals surface area contributed by atoms with Gasteiger partial charge in [0.15, 0.2) is 0 Å². The maximum absolute atomic E-state index is 10.4. The van der Waals surface area contributed by atoms with Crippen LogP contribution in [0, 0.1) is 10.1 Å². The van der Waals surface area contributed by atoms with Crippen LogP contribution < -0.4 is 5.43 Å². The van der Waals surface area contributed by atoms with Crippen LogP contribution in [0.3, 0.4) is 0 Å². The fourth-order valence-electron chi connectivity index (χ4n) is 1.22. The van der Waals surface area contributed by atoms with Gasteiger partial charge in [-0.1, -0.05) is 11.6 Å². The second kappa shape index (κ2) is 5.87. The van der Waals surface area contributed by atoms with Gasteiger partial charge in [0.1, 0.15) is 12.0 Å². The van der Waals surface area contributed by atoms with Gasteiger partial charge in [-0.05, 0) is 18.2 Å². The summed E-state index contributed by atoms with van der Waals surface area (Å²) in [5.41, 5.74) is 3.14. The number of nitrogens with zero attached hydrogens (tertiary/aromatic N) is 4. The summed E-state index contributed by atoms with van der Waals surface area (Å²) in [6, 6.07) is 6.10. The molecule has 19 heavy (non-hydrogen) atoms. The zero-order chi connectivity index (χ0) is 13.7. The lowest BCUT2D eigenvalue weighted by molar-refractivity contribution is -0.385. The van der Waals surface area contributed by atoms with Crippen LogP contribution >= 0.6 is 11.6 Å². The van der Waals surface area contributed by atoms with Crippen molar-refractivity contribution in [3.05, 3.63) is 57.5 Å². The third-order valence-electron chi connectivity index (χ3n) is 2.08. The number of halogens is 1. The predicted molar refractivity (Wildman–Crippen MR) is 71.4 cm³/mol. The first kappa shape index (κ1) is 12.9. The molecule has 8 heteroatoms. The molecule has 0 aromatic carbocycles. The molecule has 7 nitrogen and oxygen atoms in total. The lowest BCUT2D eigenvalue weighted by Crippen LogP contribution is -1.95. The molecule has 0 saturated carbocycles. The molecule has 96 valence electrons. The molecule has 0 fully saturated rings. The largest absolute Gasteiger partial charge is 0.287 e. The van der Waals surface area contributed by atoms with E-state index in [2.05, 4.69) is 20.5 Å². The van der Waals surface area contributed by atoms with Gasteiger partial charge in [0.05, 0.1) is 16.8 Å². The number of hydrazone groups is 1. The molecule has 0 aliphatic rings. The van der Waals surface area contributed by atoms with Gasteiger partial charge in [-0.25, -0.2) is 4.98 Å². The molecule has 0 spiro atoms. The Morgan fingerprint density at radius 2 is 2.21 bits per heavy atom. The molecule has 0 radical (unpaired) electrons. The maximum atomic E-state index is 10.4. The standard InChI is InChI=1S/C11H8ClN5O2/c12-8-3-4-13-9(5-8)6-15-16-11-2-1-10(7-14-11)17(18)19/h1-7H,(H,14,16)/b15-6+. The van der Waals surface area contributed by atoms with Crippen LogP contribution in [0.4, 0.5) is 11.5 Å². The summed E-state index contributed by atoms with van der Waals surface area (Å²) in [6.45, 7) is 0. The van der Waals surface area contributed by atoms with Crippen molar-refractivity contribution in [3.63, 3.8) is 0 Å². The Morgan fingerprint density at radius 1 is 1.37 bits per heavy atom. The van der Waals surface area contributed by atoms with Crippen molar-refractivity contribution in [1.29, 1.82) is 0 Å². The Morgan fingerprint density at radius 3 is 2.84 bits per heavy atom. The quantitative estimate of drug-likeness (QED) is 0.526. The van der Waals surface area contributed by atoms with Crippen molar-refractivity contribution in [3.8, 4) is 0 Å². The minimum Gasteiger partial charge on any atom is -0.261 e. The Kier molecular flexibility index (Phi) is 3.99. The van der Waals surface area contributed by atoms with E-state index in [0.717, 1.165) is 6.20 Å². The van der Waals surface area contributed by atoms with E-state index in [0.29, 0.717) is 16.5 Å². The molecular formula is C11H8ClN5O2. The SMILES string of the molecule is O=[N+]([O-])c1ccc(N/N=C/c2cc(Cl)ccn2)nc1. The lowest BCUT2D eigenvalue weighted by Gasteiger charge is -1.98. The summed E-state index contributed by atoms with van der Waals surface area (Å²) < 4.78 is 0. The molecule has 2 rings (SSSR count). The first-order chi connectivity index (χ1) is 9.15. The van der Waals surface area contributed by atoms with Crippen molar-refractivity contribution in [2.75, 3.05) is 5.43 Å². The van der Waals surface area contributed by atoms with Crippen LogP contribution in [0.25, 0.3) is 0 Å². The van der Waals surface area contributed by atoms with E-state index < -0.39 is 4.92 Å². The Bertz CT molecular complexity index is 615. The summed E-state index contributed by atoms with van der Waals surface area (Å²) in [5, 5.41) is 14.9. The number of nitrogens with one attached hydrogen (secondary N) is 1. The van der Waals surface area contributed by atoms with Gasteiger partial charge in [0, 0.05) is 17.3 Å². The zero-order valence-electron chi connectivity index (χ0n) is 9.52. The van der Waals surface area contributed by atoms with Gasteiger partial charge in [0.2, 0.25) is 0 Å². The predicted octanol–water partition coefficient (Wildman–Crippen LogP) is 2.48. The van der Waals surface area contributed by atoms with Crippen LogP contribution in [-0.4, -0.2) is 21.1 Å². The third kappa shape index (κ3) is 3.71. The Balaban J connectivity index is 2.00. The molecule has 2 aromatic rings. The molecule has 0 unspecified atom stereocenters. The highest BCUT2D eigenvalue weighted by Crippen LogP contribution is 2.11. The topological polar surface area (TPSA) is 93.3 Å². The van der Waals surface area contributed by atoms with Crippen molar-refractivity contribution < 1.29 is 4.92 Å². The molecule has 0 amide bonds. The molecule has 0 aliphatic carbocycles. The van der Waals surface area contributed by atoms with Crippen molar-refractivity contribution >= 4 is 29.3 Å². The first-order valence-electron chi connectivity index (χ1n) is 5.16. The van der Waals surface area contributed by atoms with Crippen LogP contribution in [0.5, 0.6) is 0 Å². The highest BCUT2D eigenvalue weighted by Gasteiger charge is 2.04. The first-order valence-corrected chi connectivity index (χ1v) is 5.54. The van der Waals surface area contributed by atoms with E-state index in [-0.39, 0.29) is 5.69 Å². The highest BCUT2D eigenvalue weighted by atomic mass is 35.5. The molecule has 2 heterocycles. The minimum absolute atomic E-state index is 0.0777. The third-order valence-corrected chi connectivity index (χ3v) is 2.31. The summed E-state index contributed by atoms with van der Waals surface area (Å²) >= 11 is 5.79. The van der Waals surface area contributed by atoms with E-state index in [4.69, 9.17) is 11.6 Å². The maximum Gasteiger partial charge on any atom is 0.287 e. The van der Waals surface area contributed by atoms with Crippen LogP contribution in [0.2, 0.25) is 5.02 Å². The number of hydrogen-bond donors (Lipinski definition) is 1. The fraction of sp³-hybridized carbons (Fsp3) is 0. The second-order valence-electron chi connectivity index (χ2n) is 3.43. The number of nitro groups is 1. The van der Waals surface area contributed by atoms with Gasteiger partial charge >= 0.3 is 0 Å². The highest BCUT2D eigenvalue weighted by molar-refractivity contribution is 6.30. The van der Waals surface area contributed by atoms with Crippen LogP contribution in [-0.2, 0) is 0 Å². The number of pyridine rings is 2. The van der Waals surface area contributed by atoms with Crippen molar-refractivity contribution in [2.24, 2.45) is 5.10 Å². The van der Waals surface area contributed by atoms with Gasteiger partial charge in [-0.3, -0.25) is 20.5 Å². The van der Waals surface area contributed by atoms with Crippen LogP contribution in [0.15, 0.2) is 41.8 Å². The number of hydrogen-bond acceptors (Lipinski definition) is 6. The summed E-state index contributed by atoms with van der Waals surface area (Å²) in [4.78, 5) is 17.8. The van der Waals surface area contributed by atoms with E-state index in [1.807, 2.05) is 0 Å². The molecule has 0 atom stereocenters. The number of aromatic nitrogens is 2. The molecule has 0 aliphatic heterocycles. The zero-order valence-corrected chi connectivity index (χ0v) is 10.3. The number of rotatable bonds is 4. The Labute approximate surface area is 113 Å². The van der Waals surface area contributed by atoms with E-state index in [1.54, 1.807) is 18.3 Å². The monoisotopic (exact) mass is 277 g/mol. The van der Waals surface area contributed by atoms with Crippen LogP contribution in [0.1, 0.15) is 5.69 Å². The number of anilines is 1. The molecular weight excluding hydrogens is 270 g/mol. The van der Waals surface area contributed by atoms with E-state index in [1.165, 1.54) is 18.3 Å². The molecule has 1 N–H and O–H groups in total. The second-order valence-corrected chi connectivity index (χ2v) is 3.86. The Hall–Kier alpha value is -2.54. The summed E-state index contributed by atoms with van der Waals surface area (Å²) in [7, 11) is 0. The lowest BCUT2D eigenvalue weighted by atomic mass is 10.4. The van der Waals surface area contributed by atoms with Gasteiger partial charge in [0.25, 0.3) is 5.69 Å². The summed E-state index contributed by atoms with van der Waals surface area (Å²) in [6.07, 6.45) is 4.18.